The van der Waals surface area contributed by atoms with Crippen LogP contribution in [0.15, 0.2) is 41.4 Å². The van der Waals surface area contributed by atoms with Crippen LogP contribution in [-0.4, -0.2) is 25.5 Å². The number of aryl methyl sites for hydroxylation is 1. The van der Waals surface area contributed by atoms with Gasteiger partial charge in [-0.25, -0.2) is 4.39 Å². The molecule has 3 N–H and O–H groups in total. The molecule has 1 aromatic carbocycles. The fourth-order valence-corrected chi connectivity index (χ4v) is 2.74. The van der Waals surface area contributed by atoms with Gasteiger partial charge in [-0.3, -0.25) is 9.79 Å². The molecule has 0 atom stereocenters. The number of benzene rings is 1. The number of nitrogens with zero attached hydrogens (tertiary/aromatic N) is 1. The van der Waals surface area contributed by atoms with Gasteiger partial charge in [-0.1, -0.05) is 6.07 Å². The van der Waals surface area contributed by atoms with Crippen LogP contribution in [0.2, 0.25) is 0 Å². The molecule has 0 aliphatic heterocycles. The van der Waals surface area contributed by atoms with E-state index in [2.05, 4.69) is 40.0 Å². The maximum absolute atomic E-state index is 13.1. The van der Waals surface area contributed by atoms with Crippen LogP contribution >= 0.6 is 35.3 Å². The Kier molecular flexibility index (Phi) is 8.69. The lowest BCUT2D eigenvalue weighted by atomic mass is 10.3. The fraction of sp³-hybridized carbons (Fsp3) is 0.250. The van der Waals surface area contributed by atoms with Crippen molar-refractivity contribution in [1.82, 2.24) is 10.6 Å². The van der Waals surface area contributed by atoms with Crippen molar-refractivity contribution in [3.8, 4) is 0 Å². The van der Waals surface area contributed by atoms with E-state index in [1.807, 2.05) is 0 Å². The van der Waals surface area contributed by atoms with E-state index in [1.54, 1.807) is 30.5 Å². The van der Waals surface area contributed by atoms with Crippen LogP contribution < -0.4 is 16.0 Å². The Morgan fingerprint density at radius 2 is 2.04 bits per heavy atom. The highest BCUT2D eigenvalue weighted by molar-refractivity contribution is 14.0. The minimum Gasteiger partial charge on any atom is -0.352 e. The Morgan fingerprint density at radius 3 is 2.67 bits per heavy atom. The predicted octanol–water partition coefficient (Wildman–Crippen LogP) is 3.12. The second-order valence-corrected chi connectivity index (χ2v) is 6.22. The number of hydrogen-bond donors (Lipinski definition) is 3. The van der Waals surface area contributed by atoms with Crippen LogP contribution in [0.1, 0.15) is 9.75 Å². The fourth-order valence-electron chi connectivity index (χ4n) is 1.91. The molecule has 2 aromatic rings. The molecular weight excluding hydrogens is 442 g/mol. The number of anilines is 1. The first-order chi connectivity index (χ1) is 11.1. The van der Waals surface area contributed by atoms with Crippen LogP contribution in [0.3, 0.4) is 0 Å². The van der Waals surface area contributed by atoms with E-state index in [0.717, 1.165) is 0 Å². The van der Waals surface area contributed by atoms with E-state index in [4.69, 9.17) is 0 Å². The molecule has 0 saturated heterocycles. The van der Waals surface area contributed by atoms with Gasteiger partial charge in [-0.15, -0.1) is 35.3 Å². The summed E-state index contributed by atoms with van der Waals surface area (Å²) in [6, 6.07) is 9.88. The monoisotopic (exact) mass is 462 g/mol. The van der Waals surface area contributed by atoms with Crippen molar-refractivity contribution in [3.63, 3.8) is 0 Å². The normalized spacial score (nSPS) is 10.7. The van der Waals surface area contributed by atoms with Crippen molar-refractivity contribution in [3.05, 3.63) is 52.0 Å². The first-order valence-corrected chi connectivity index (χ1v) is 7.93. The third kappa shape index (κ3) is 6.83. The highest BCUT2D eigenvalue weighted by Crippen LogP contribution is 2.14. The smallest absolute Gasteiger partial charge is 0.243 e. The van der Waals surface area contributed by atoms with E-state index in [1.165, 1.54) is 21.9 Å². The number of hydrogen-bond acceptors (Lipinski definition) is 3. The first-order valence-electron chi connectivity index (χ1n) is 7.12. The number of carbonyl (C=O) groups is 1. The van der Waals surface area contributed by atoms with Crippen molar-refractivity contribution >= 4 is 52.9 Å². The number of rotatable bonds is 5. The molecule has 24 heavy (non-hydrogen) atoms. The van der Waals surface area contributed by atoms with Crippen LogP contribution in [0.25, 0.3) is 0 Å². The molecule has 0 aliphatic rings. The highest BCUT2D eigenvalue weighted by atomic mass is 127. The van der Waals surface area contributed by atoms with Gasteiger partial charge in [0.2, 0.25) is 5.91 Å². The van der Waals surface area contributed by atoms with E-state index >= 15 is 0 Å². The van der Waals surface area contributed by atoms with E-state index in [9.17, 15) is 9.18 Å². The highest BCUT2D eigenvalue weighted by Gasteiger charge is 2.05. The molecule has 0 bridgehead atoms. The summed E-state index contributed by atoms with van der Waals surface area (Å²) in [7, 11) is 1.64. The summed E-state index contributed by atoms with van der Waals surface area (Å²) < 4.78 is 13.1. The minimum atomic E-state index is -0.389. The number of carbonyl (C=O) groups excluding carboxylic acids is 1. The van der Waals surface area contributed by atoms with Gasteiger partial charge in [-0.2, -0.15) is 0 Å². The lowest BCUT2D eigenvalue weighted by Gasteiger charge is -2.11. The molecule has 8 heteroatoms. The summed E-state index contributed by atoms with van der Waals surface area (Å²) in [5.41, 5.74) is 0.425. The topological polar surface area (TPSA) is 65.5 Å². The zero-order valence-corrected chi connectivity index (χ0v) is 16.6. The van der Waals surface area contributed by atoms with Gasteiger partial charge in [0.05, 0.1) is 13.1 Å². The summed E-state index contributed by atoms with van der Waals surface area (Å²) in [5, 5.41) is 8.67. The molecule has 0 radical (unpaired) electrons. The van der Waals surface area contributed by atoms with Gasteiger partial charge in [0.15, 0.2) is 5.96 Å². The average Bonchev–Trinajstić information content (AvgIpc) is 2.93. The van der Waals surface area contributed by atoms with Crippen LogP contribution in [0.4, 0.5) is 10.1 Å². The van der Waals surface area contributed by atoms with Gasteiger partial charge < -0.3 is 16.0 Å². The molecule has 0 aliphatic carbocycles. The summed E-state index contributed by atoms with van der Waals surface area (Å²) in [6.45, 7) is 2.74. The number of amides is 1. The van der Waals surface area contributed by atoms with Gasteiger partial charge in [0, 0.05) is 22.5 Å². The molecular formula is C16H20FIN4OS. The molecule has 1 amide bonds. The SMILES string of the molecule is CN=C(NCC(=O)Nc1cccc(F)c1)NCc1ccc(C)s1.I. The number of aliphatic imine (C=N–C) groups is 1. The summed E-state index contributed by atoms with van der Waals surface area (Å²) in [4.78, 5) is 18.3. The summed E-state index contributed by atoms with van der Waals surface area (Å²) in [6.07, 6.45) is 0. The molecule has 1 heterocycles. The Labute approximate surface area is 161 Å². The third-order valence-corrected chi connectivity index (χ3v) is 3.98. The van der Waals surface area contributed by atoms with Crippen molar-refractivity contribution in [1.29, 1.82) is 0 Å². The Bertz CT molecular complexity index is 705. The van der Waals surface area contributed by atoms with Crippen LogP contribution in [0, 0.1) is 12.7 Å². The zero-order valence-electron chi connectivity index (χ0n) is 13.4. The predicted molar refractivity (Wildman–Crippen MR) is 108 cm³/mol. The van der Waals surface area contributed by atoms with Crippen LogP contribution in [0.5, 0.6) is 0 Å². The van der Waals surface area contributed by atoms with Gasteiger partial charge in [0.1, 0.15) is 5.82 Å². The zero-order chi connectivity index (χ0) is 16.7. The standard InChI is InChI=1S/C16H19FN4OS.HI/c1-11-6-7-14(23-11)9-19-16(18-2)20-10-15(22)21-13-5-3-4-12(17)8-13;/h3-8H,9-10H2,1-2H3,(H,21,22)(H2,18,19,20);1H. The maximum Gasteiger partial charge on any atom is 0.243 e. The van der Waals surface area contributed by atoms with Crippen molar-refractivity contribution in [2.24, 2.45) is 4.99 Å². The number of halogens is 2. The van der Waals surface area contributed by atoms with Crippen molar-refractivity contribution in [2.45, 2.75) is 13.5 Å². The lowest BCUT2D eigenvalue weighted by Crippen LogP contribution is -2.40. The Morgan fingerprint density at radius 1 is 1.25 bits per heavy atom. The van der Waals surface area contributed by atoms with Gasteiger partial charge >= 0.3 is 0 Å². The molecule has 0 unspecified atom stereocenters. The minimum absolute atomic E-state index is 0. The number of thiophene rings is 1. The molecule has 1 aromatic heterocycles. The van der Waals surface area contributed by atoms with Crippen LogP contribution in [-0.2, 0) is 11.3 Å². The van der Waals surface area contributed by atoms with Crippen molar-refractivity contribution < 1.29 is 9.18 Å². The Balaban J connectivity index is 0.00000288. The Hall–Kier alpha value is -1.68. The number of nitrogens with one attached hydrogen (secondary N) is 3. The average molecular weight is 462 g/mol. The molecule has 0 spiro atoms. The third-order valence-electron chi connectivity index (χ3n) is 2.97. The summed E-state index contributed by atoms with van der Waals surface area (Å²) in [5.74, 6) is -0.129. The second kappa shape index (κ2) is 10.2. The van der Waals surface area contributed by atoms with E-state index < -0.39 is 0 Å². The first kappa shape index (κ1) is 20.4. The van der Waals surface area contributed by atoms with E-state index in [0.29, 0.717) is 18.2 Å². The largest absolute Gasteiger partial charge is 0.352 e. The van der Waals surface area contributed by atoms with Gasteiger partial charge in [-0.05, 0) is 37.3 Å². The quantitative estimate of drug-likeness (QED) is 0.364. The number of guanidine groups is 1. The van der Waals surface area contributed by atoms with Crippen molar-refractivity contribution in [2.75, 3.05) is 18.9 Å². The molecule has 5 nitrogen and oxygen atoms in total. The van der Waals surface area contributed by atoms with E-state index in [-0.39, 0.29) is 42.2 Å². The second-order valence-electron chi connectivity index (χ2n) is 4.85. The molecule has 130 valence electrons. The van der Waals surface area contributed by atoms with Gasteiger partial charge in [0.25, 0.3) is 0 Å². The lowest BCUT2D eigenvalue weighted by molar-refractivity contribution is -0.115. The molecule has 0 saturated carbocycles. The molecule has 2 rings (SSSR count). The summed E-state index contributed by atoms with van der Waals surface area (Å²) >= 11 is 1.71. The maximum atomic E-state index is 13.1. The molecule has 0 fully saturated rings.